The van der Waals surface area contributed by atoms with E-state index < -0.39 is 10.8 Å². The number of aliphatic hydroxyl groups is 1. The van der Waals surface area contributed by atoms with Crippen LogP contribution in [0.5, 0.6) is 0 Å². The van der Waals surface area contributed by atoms with Gasteiger partial charge in [-0.2, -0.15) is 0 Å². The molecule has 144 valence electrons. The molecule has 2 rings (SSSR count). The van der Waals surface area contributed by atoms with Gasteiger partial charge in [-0.05, 0) is 24.0 Å². The van der Waals surface area contributed by atoms with E-state index in [1.165, 1.54) is 0 Å². The summed E-state index contributed by atoms with van der Waals surface area (Å²) in [5.41, 5.74) is -0.0497. The molecule has 2 N–H and O–H groups in total. The molecule has 0 aliphatic rings. The Morgan fingerprint density at radius 2 is 1.30 bits per heavy atom. The number of hydrogen-bond acceptors (Lipinski definition) is 3. The van der Waals surface area contributed by atoms with Crippen LogP contribution in [-0.4, -0.2) is 29.9 Å². The summed E-state index contributed by atoms with van der Waals surface area (Å²) in [5.74, 6) is -0.428. The lowest BCUT2D eigenvalue weighted by Gasteiger charge is -2.36. The standard InChI is InChI=1S/C23H29NO3/c1-22(2,3)20(26)23(21(27)24-14-15-25,16-18-10-6-4-7-11-18)17-19-12-8-5-9-13-19/h4-13,25H,14-17H2,1-3H3,(H,24,27). The number of hydrogen-bond donors (Lipinski definition) is 2. The first-order valence-corrected chi connectivity index (χ1v) is 9.31. The van der Waals surface area contributed by atoms with Crippen molar-refractivity contribution in [3.63, 3.8) is 0 Å². The maximum absolute atomic E-state index is 13.6. The maximum Gasteiger partial charge on any atom is 0.234 e. The van der Waals surface area contributed by atoms with Crippen molar-refractivity contribution in [1.29, 1.82) is 0 Å². The van der Waals surface area contributed by atoms with Gasteiger partial charge in [-0.15, -0.1) is 0 Å². The molecular formula is C23H29NO3. The first-order valence-electron chi connectivity index (χ1n) is 9.31. The molecule has 2 aromatic rings. The number of Topliss-reactive ketones (excluding diaryl/α,β-unsaturated/α-hetero) is 1. The van der Waals surface area contributed by atoms with Gasteiger partial charge in [0.2, 0.25) is 5.91 Å². The SMILES string of the molecule is CC(C)(C)C(=O)C(Cc1ccccc1)(Cc1ccccc1)C(=O)NCCO. The van der Waals surface area contributed by atoms with Crippen molar-refractivity contribution in [2.75, 3.05) is 13.2 Å². The van der Waals surface area contributed by atoms with Gasteiger partial charge in [0, 0.05) is 12.0 Å². The molecule has 4 heteroatoms. The van der Waals surface area contributed by atoms with Crippen molar-refractivity contribution in [2.24, 2.45) is 10.8 Å². The number of carbonyl (C=O) groups is 2. The average Bonchev–Trinajstić information content (AvgIpc) is 2.65. The number of amides is 1. The largest absolute Gasteiger partial charge is 0.395 e. The summed E-state index contributed by atoms with van der Waals surface area (Å²) in [6.45, 7) is 5.50. The smallest absolute Gasteiger partial charge is 0.234 e. The monoisotopic (exact) mass is 367 g/mol. The minimum Gasteiger partial charge on any atom is -0.395 e. The predicted octanol–water partition coefficient (Wildman–Crippen LogP) is 3.18. The third kappa shape index (κ3) is 5.27. The molecule has 0 unspecified atom stereocenters. The molecule has 0 aromatic heterocycles. The second-order valence-corrected chi connectivity index (χ2v) is 7.97. The van der Waals surface area contributed by atoms with Crippen LogP contribution in [0.25, 0.3) is 0 Å². The van der Waals surface area contributed by atoms with Gasteiger partial charge in [-0.25, -0.2) is 0 Å². The van der Waals surface area contributed by atoms with Crippen LogP contribution in [0.4, 0.5) is 0 Å². The highest BCUT2D eigenvalue weighted by molar-refractivity contribution is 6.08. The Bertz CT molecular complexity index is 707. The second kappa shape index (κ2) is 8.96. The van der Waals surface area contributed by atoms with Crippen LogP contribution in [0.2, 0.25) is 0 Å². The summed E-state index contributed by atoms with van der Waals surface area (Å²) in [7, 11) is 0. The molecule has 0 atom stereocenters. The number of nitrogens with one attached hydrogen (secondary N) is 1. The zero-order valence-corrected chi connectivity index (χ0v) is 16.4. The fraction of sp³-hybridized carbons (Fsp3) is 0.391. The third-order valence-electron chi connectivity index (χ3n) is 4.65. The number of ketones is 1. The summed E-state index contributed by atoms with van der Waals surface area (Å²) >= 11 is 0. The van der Waals surface area contributed by atoms with Crippen molar-refractivity contribution in [1.82, 2.24) is 5.32 Å². The van der Waals surface area contributed by atoms with Gasteiger partial charge >= 0.3 is 0 Å². The minimum absolute atomic E-state index is 0.0989. The molecule has 0 radical (unpaired) electrons. The molecular weight excluding hydrogens is 338 g/mol. The molecule has 0 saturated carbocycles. The molecule has 0 aliphatic carbocycles. The van der Waals surface area contributed by atoms with Crippen LogP contribution in [0.1, 0.15) is 31.9 Å². The molecule has 0 aliphatic heterocycles. The summed E-state index contributed by atoms with van der Waals surface area (Å²) in [5, 5.41) is 11.9. The zero-order chi connectivity index (χ0) is 19.9. The summed E-state index contributed by atoms with van der Waals surface area (Å²) in [6, 6.07) is 19.2. The average molecular weight is 367 g/mol. The van der Waals surface area contributed by atoms with Gasteiger partial charge in [0.05, 0.1) is 6.61 Å². The first-order chi connectivity index (χ1) is 12.8. The first kappa shape index (κ1) is 20.8. The maximum atomic E-state index is 13.6. The Labute approximate surface area is 161 Å². The second-order valence-electron chi connectivity index (χ2n) is 7.97. The lowest BCUT2D eigenvalue weighted by atomic mass is 9.65. The summed E-state index contributed by atoms with van der Waals surface area (Å²) in [4.78, 5) is 26.9. The van der Waals surface area contributed by atoms with E-state index in [0.717, 1.165) is 11.1 Å². The van der Waals surface area contributed by atoms with Gasteiger partial charge in [0.1, 0.15) is 5.41 Å². The summed E-state index contributed by atoms with van der Waals surface area (Å²) < 4.78 is 0. The third-order valence-corrected chi connectivity index (χ3v) is 4.65. The predicted molar refractivity (Wildman–Crippen MR) is 107 cm³/mol. The highest BCUT2D eigenvalue weighted by Crippen LogP contribution is 2.36. The van der Waals surface area contributed by atoms with Crippen LogP contribution in [0.3, 0.4) is 0 Å². The summed E-state index contributed by atoms with van der Waals surface area (Å²) in [6.07, 6.45) is 0.631. The molecule has 2 aromatic carbocycles. The molecule has 0 fully saturated rings. The lowest BCUT2D eigenvalue weighted by molar-refractivity contribution is -0.147. The number of aliphatic hydroxyl groups excluding tert-OH is 1. The van der Waals surface area contributed by atoms with E-state index in [1.807, 2.05) is 81.4 Å². The van der Waals surface area contributed by atoms with Gasteiger partial charge in [0.25, 0.3) is 0 Å². The normalized spacial score (nSPS) is 11.9. The minimum atomic E-state index is -1.24. The fourth-order valence-corrected chi connectivity index (χ4v) is 3.43. The molecule has 27 heavy (non-hydrogen) atoms. The van der Waals surface area contributed by atoms with Crippen LogP contribution >= 0.6 is 0 Å². The fourth-order valence-electron chi connectivity index (χ4n) is 3.43. The number of benzene rings is 2. The van der Waals surface area contributed by atoms with E-state index in [2.05, 4.69) is 5.32 Å². The van der Waals surface area contributed by atoms with Crippen molar-refractivity contribution in [3.05, 3.63) is 71.8 Å². The highest BCUT2D eigenvalue weighted by Gasteiger charge is 2.49. The Morgan fingerprint density at radius 1 is 0.852 bits per heavy atom. The van der Waals surface area contributed by atoms with Crippen molar-refractivity contribution >= 4 is 11.7 Å². The highest BCUT2D eigenvalue weighted by atomic mass is 16.3. The van der Waals surface area contributed by atoms with E-state index in [-0.39, 0.29) is 24.8 Å². The van der Waals surface area contributed by atoms with Gasteiger partial charge in [0.15, 0.2) is 5.78 Å². The Balaban J connectivity index is 2.55. The van der Waals surface area contributed by atoms with E-state index in [0.29, 0.717) is 12.8 Å². The van der Waals surface area contributed by atoms with E-state index in [1.54, 1.807) is 0 Å². The van der Waals surface area contributed by atoms with Gasteiger partial charge < -0.3 is 10.4 Å². The van der Waals surface area contributed by atoms with E-state index in [9.17, 15) is 9.59 Å². The molecule has 0 saturated heterocycles. The number of carbonyl (C=O) groups excluding carboxylic acids is 2. The van der Waals surface area contributed by atoms with Crippen molar-refractivity contribution in [3.8, 4) is 0 Å². The Morgan fingerprint density at radius 3 is 1.67 bits per heavy atom. The molecule has 1 amide bonds. The topological polar surface area (TPSA) is 66.4 Å². The van der Waals surface area contributed by atoms with Crippen molar-refractivity contribution in [2.45, 2.75) is 33.6 Å². The van der Waals surface area contributed by atoms with Crippen molar-refractivity contribution < 1.29 is 14.7 Å². The molecule has 0 bridgehead atoms. The van der Waals surface area contributed by atoms with Crippen LogP contribution in [-0.2, 0) is 22.4 Å². The lowest BCUT2D eigenvalue weighted by Crippen LogP contribution is -2.53. The Hall–Kier alpha value is -2.46. The van der Waals surface area contributed by atoms with Gasteiger partial charge in [-0.1, -0.05) is 81.4 Å². The van der Waals surface area contributed by atoms with Gasteiger partial charge in [-0.3, -0.25) is 9.59 Å². The molecule has 4 nitrogen and oxygen atoms in total. The van der Waals surface area contributed by atoms with E-state index in [4.69, 9.17) is 5.11 Å². The quantitative estimate of drug-likeness (QED) is 0.704. The Kier molecular flexibility index (Phi) is 6.92. The number of rotatable bonds is 8. The van der Waals surface area contributed by atoms with Crippen LogP contribution < -0.4 is 5.32 Å². The van der Waals surface area contributed by atoms with Crippen LogP contribution in [0, 0.1) is 10.8 Å². The van der Waals surface area contributed by atoms with E-state index >= 15 is 0 Å². The van der Waals surface area contributed by atoms with Crippen LogP contribution in [0.15, 0.2) is 60.7 Å². The molecule has 0 heterocycles. The zero-order valence-electron chi connectivity index (χ0n) is 16.4. The molecule has 0 spiro atoms.